The van der Waals surface area contributed by atoms with E-state index >= 15 is 0 Å². The third-order valence-electron chi connectivity index (χ3n) is 2.88. The molecule has 0 unspecified atom stereocenters. The second-order valence-electron chi connectivity index (χ2n) is 4.33. The number of halogens is 2. The minimum atomic E-state index is 0.545. The van der Waals surface area contributed by atoms with E-state index in [-0.39, 0.29) is 0 Å². The molecule has 1 aliphatic carbocycles. The molecule has 1 aliphatic rings. The van der Waals surface area contributed by atoms with Gasteiger partial charge in [-0.1, -0.05) is 33.8 Å². The Bertz CT molecular complexity index is 566. The molecule has 3 rings (SSSR count). The molecular formula is C12H11Cl2N3S. The summed E-state index contributed by atoms with van der Waals surface area (Å²) in [5.74, 6) is 0. The second-order valence-corrected chi connectivity index (χ2v) is 5.98. The molecule has 94 valence electrons. The summed E-state index contributed by atoms with van der Waals surface area (Å²) in [6.45, 7) is 0.817. The molecule has 0 aliphatic heterocycles. The summed E-state index contributed by atoms with van der Waals surface area (Å²) in [4.78, 5) is 1.14. The highest BCUT2D eigenvalue weighted by molar-refractivity contribution is 7.05. The van der Waals surface area contributed by atoms with E-state index in [0.717, 1.165) is 22.7 Å². The Morgan fingerprint density at radius 1 is 1.28 bits per heavy atom. The lowest BCUT2D eigenvalue weighted by Gasteiger charge is -2.04. The SMILES string of the molecule is Clc1ccc(-c2nnsc2CNC2CC2)cc1Cl. The van der Waals surface area contributed by atoms with Crippen molar-refractivity contribution in [1.82, 2.24) is 14.9 Å². The summed E-state index contributed by atoms with van der Waals surface area (Å²) in [5, 5.41) is 8.75. The summed E-state index contributed by atoms with van der Waals surface area (Å²) in [6.07, 6.45) is 2.54. The van der Waals surface area contributed by atoms with Gasteiger partial charge in [-0.2, -0.15) is 0 Å². The molecule has 1 N–H and O–H groups in total. The molecule has 1 fully saturated rings. The highest BCUT2D eigenvalue weighted by Crippen LogP contribution is 2.30. The van der Waals surface area contributed by atoms with Crippen molar-refractivity contribution in [1.29, 1.82) is 0 Å². The van der Waals surface area contributed by atoms with Crippen molar-refractivity contribution in [3.8, 4) is 11.3 Å². The maximum absolute atomic E-state index is 6.03. The van der Waals surface area contributed by atoms with Crippen LogP contribution in [0.2, 0.25) is 10.0 Å². The van der Waals surface area contributed by atoms with E-state index in [1.165, 1.54) is 24.4 Å². The molecule has 6 heteroatoms. The van der Waals surface area contributed by atoms with Crippen molar-refractivity contribution in [3.05, 3.63) is 33.1 Å². The molecule has 0 bridgehead atoms. The topological polar surface area (TPSA) is 37.8 Å². The Labute approximate surface area is 119 Å². The van der Waals surface area contributed by atoms with Crippen LogP contribution < -0.4 is 5.32 Å². The van der Waals surface area contributed by atoms with Crippen LogP contribution in [0.4, 0.5) is 0 Å². The minimum absolute atomic E-state index is 0.545. The lowest BCUT2D eigenvalue weighted by molar-refractivity contribution is 0.695. The van der Waals surface area contributed by atoms with Gasteiger partial charge in [0.1, 0.15) is 5.69 Å². The average molecular weight is 300 g/mol. The molecule has 1 aromatic heterocycles. The number of rotatable bonds is 4. The Morgan fingerprint density at radius 3 is 2.83 bits per heavy atom. The number of benzene rings is 1. The highest BCUT2D eigenvalue weighted by Gasteiger charge is 2.21. The number of nitrogens with one attached hydrogen (secondary N) is 1. The van der Waals surface area contributed by atoms with Crippen LogP contribution in [0.3, 0.4) is 0 Å². The Hall–Kier alpha value is -0.680. The van der Waals surface area contributed by atoms with E-state index in [9.17, 15) is 0 Å². The third kappa shape index (κ3) is 2.67. The summed E-state index contributed by atoms with van der Waals surface area (Å²) in [7, 11) is 0. The molecule has 0 radical (unpaired) electrons. The van der Waals surface area contributed by atoms with Gasteiger partial charge in [-0.05, 0) is 36.5 Å². The predicted molar refractivity (Wildman–Crippen MR) is 75.2 cm³/mol. The van der Waals surface area contributed by atoms with Gasteiger partial charge in [-0.25, -0.2) is 0 Å². The first kappa shape index (κ1) is 12.4. The average Bonchev–Trinajstić information content (AvgIpc) is 3.08. The van der Waals surface area contributed by atoms with E-state index in [0.29, 0.717) is 16.1 Å². The maximum Gasteiger partial charge on any atom is 0.110 e. The molecule has 1 heterocycles. The zero-order valence-corrected chi connectivity index (χ0v) is 11.8. The minimum Gasteiger partial charge on any atom is -0.309 e. The van der Waals surface area contributed by atoms with Crippen molar-refractivity contribution in [2.45, 2.75) is 25.4 Å². The van der Waals surface area contributed by atoms with Crippen LogP contribution in [0, 0.1) is 0 Å². The van der Waals surface area contributed by atoms with E-state index in [1.807, 2.05) is 12.1 Å². The van der Waals surface area contributed by atoms with Gasteiger partial charge in [-0.3, -0.25) is 0 Å². The van der Waals surface area contributed by atoms with Crippen LogP contribution in [0.25, 0.3) is 11.3 Å². The summed E-state index contributed by atoms with van der Waals surface area (Å²) in [5.41, 5.74) is 1.86. The smallest absolute Gasteiger partial charge is 0.110 e. The maximum atomic E-state index is 6.03. The molecule has 2 aromatic rings. The molecule has 0 atom stereocenters. The van der Waals surface area contributed by atoms with Crippen molar-refractivity contribution in [3.63, 3.8) is 0 Å². The van der Waals surface area contributed by atoms with E-state index in [4.69, 9.17) is 23.2 Å². The first-order valence-corrected chi connectivity index (χ1v) is 7.27. The summed E-state index contributed by atoms with van der Waals surface area (Å²) < 4.78 is 4.02. The van der Waals surface area contributed by atoms with Crippen LogP contribution >= 0.6 is 34.7 Å². The van der Waals surface area contributed by atoms with Crippen molar-refractivity contribution >= 4 is 34.7 Å². The Morgan fingerprint density at radius 2 is 2.11 bits per heavy atom. The van der Waals surface area contributed by atoms with E-state index in [1.54, 1.807) is 6.07 Å². The highest BCUT2D eigenvalue weighted by atomic mass is 35.5. The van der Waals surface area contributed by atoms with Gasteiger partial charge in [-0.15, -0.1) is 5.10 Å². The Balaban J connectivity index is 1.85. The van der Waals surface area contributed by atoms with Crippen molar-refractivity contribution < 1.29 is 0 Å². The van der Waals surface area contributed by atoms with Gasteiger partial charge < -0.3 is 5.32 Å². The fourth-order valence-corrected chi connectivity index (χ4v) is 2.62. The molecule has 0 saturated heterocycles. The molecule has 18 heavy (non-hydrogen) atoms. The molecule has 3 nitrogen and oxygen atoms in total. The lowest BCUT2D eigenvalue weighted by Crippen LogP contribution is -2.14. The standard InChI is InChI=1S/C12H11Cl2N3S/c13-9-4-1-7(5-10(9)14)12-11(18-17-16-12)6-15-8-2-3-8/h1,4-5,8,15H,2-3,6H2. The van der Waals surface area contributed by atoms with Gasteiger partial charge in [0.05, 0.1) is 14.9 Å². The fourth-order valence-electron chi connectivity index (χ4n) is 1.71. The number of hydrogen-bond acceptors (Lipinski definition) is 4. The zero-order chi connectivity index (χ0) is 12.5. The van der Waals surface area contributed by atoms with E-state index in [2.05, 4.69) is 14.9 Å². The zero-order valence-electron chi connectivity index (χ0n) is 9.49. The second kappa shape index (κ2) is 5.13. The Kier molecular flexibility index (Phi) is 3.52. The predicted octanol–water partition coefficient (Wildman–Crippen LogP) is 3.76. The van der Waals surface area contributed by atoms with Crippen LogP contribution in [0.15, 0.2) is 18.2 Å². The van der Waals surface area contributed by atoms with Crippen LogP contribution in [0.1, 0.15) is 17.7 Å². The van der Waals surface area contributed by atoms with Crippen LogP contribution in [0.5, 0.6) is 0 Å². The quantitative estimate of drug-likeness (QED) is 0.934. The molecule has 1 aromatic carbocycles. The van der Waals surface area contributed by atoms with Crippen molar-refractivity contribution in [2.75, 3.05) is 0 Å². The normalized spacial score (nSPS) is 15.0. The van der Waals surface area contributed by atoms with Gasteiger partial charge in [0.25, 0.3) is 0 Å². The van der Waals surface area contributed by atoms with Crippen LogP contribution in [-0.4, -0.2) is 15.6 Å². The fraction of sp³-hybridized carbons (Fsp3) is 0.333. The first-order chi connectivity index (χ1) is 8.74. The van der Waals surface area contributed by atoms with Gasteiger partial charge >= 0.3 is 0 Å². The number of hydrogen-bond donors (Lipinski definition) is 1. The number of aromatic nitrogens is 2. The first-order valence-electron chi connectivity index (χ1n) is 5.74. The summed E-state index contributed by atoms with van der Waals surface area (Å²) in [6, 6.07) is 6.22. The van der Waals surface area contributed by atoms with Crippen LogP contribution in [-0.2, 0) is 6.54 Å². The van der Waals surface area contributed by atoms with Gasteiger partial charge in [0.15, 0.2) is 0 Å². The molecule has 0 spiro atoms. The monoisotopic (exact) mass is 299 g/mol. The molecular weight excluding hydrogens is 289 g/mol. The van der Waals surface area contributed by atoms with E-state index < -0.39 is 0 Å². The summed E-state index contributed by atoms with van der Waals surface area (Å²) >= 11 is 13.4. The number of nitrogens with zero attached hydrogens (tertiary/aromatic N) is 2. The van der Waals surface area contributed by atoms with Gasteiger partial charge in [0.2, 0.25) is 0 Å². The molecule has 0 amide bonds. The van der Waals surface area contributed by atoms with Gasteiger partial charge in [0, 0.05) is 18.2 Å². The largest absolute Gasteiger partial charge is 0.309 e. The third-order valence-corrected chi connectivity index (χ3v) is 4.34. The van der Waals surface area contributed by atoms with Crippen molar-refractivity contribution in [2.24, 2.45) is 0 Å². The lowest BCUT2D eigenvalue weighted by atomic mass is 10.1. The molecule has 1 saturated carbocycles.